The Balaban J connectivity index is 2.09. The summed E-state index contributed by atoms with van der Waals surface area (Å²) in [4.78, 5) is 30.2. The van der Waals surface area contributed by atoms with Crippen LogP contribution in [0.25, 0.3) is 11.0 Å². The van der Waals surface area contributed by atoms with Gasteiger partial charge in [0.05, 0.1) is 17.1 Å². The summed E-state index contributed by atoms with van der Waals surface area (Å²) in [6.07, 6.45) is 2.85. The molecule has 2 aromatic rings. The van der Waals surface area contributed by atoms with E-state index in [4.69, 9.17) is 0 Å². The summed E-state index contributed by atoms with van der Waals surface area (Å²) in [5.74, 6) is -1.20. The Kier molecular flexibility index (Phi) is 3.79. The number of amides is 1. The Morgan fingerprint density at radius 2 is 2.13 bits per heavy atom. The van der Waals surface area contributed by atoms with Crippen LogP contribution in [0.1, 0.15) is 48.8 Å². The largest absolute Gasteiger partial charge is 0.480 e. The molecule has 1 amide bonds. The minimum absolute atomic E-state index is 0.128. The van der Waals surface area contributed by atoms with Crippen molar-refractivity contribution in [1.82, 2.24) is 19.7 Å². The van der Waals surface area contributed by atoms with Gasteiger partial charge in [-0.2, -0.15) is 5.10 Å². The van der Waals surface area contributed by atoms with E-state index in [1.165, 1.54) is 4.90 Å². The third-order valence-electron chi connectivity index (χ3n) is 4.21. The molecule has 7 nitrogen and oxygen atoms in total. The van der Waals surface area contributed by atoms with Crippen LogP contribution in [-0.4, -0.2) is 49.2 Å². The monoisotopic (exact) mass is 316 g/mol. The fourth-order valence-corrected chi connectivity index (χ4v) is 3.12. The van der Waals surface area contributed by atoms with E-state index in [1.54, 1.807) is 16.9 Å². The highest BCUT2D eigenvalue weighted by atomic mass is 16.4. The van der Waals surface area contributed by atoms with E-state index < -0.39 is 12.0 Å². The summed E-state index contributed by atoms with van der Waals surface area (Å²) < 4.78 is 1.78. The number of likely N-dealkylation sites (tertiary alicyclic amines) is 1. The number of carboxylic acids is 1. The zero-order chi connectivity index (χ0) is 16.7. The van der Waals surface area contributed by atoms with E-state index in [9.17, 15) is 14.7 Å². The molecule has 1 fully saturated rings. The number of aryl methyl sites for hydroxylation is 1. The number of carbonyl (C=O) groups excluding carboxylic acids is 1. The van der Waals surface area contributed by atoms with Crippen LogP contribution in [0.15, 0.2) is 12.3 Å². The van der Waals surface area contributed by atoms with Crippen LogP contribution in [0, 0.1) is 6.92 Å². The third kappa shape index (κ3) is 2.56. The lowest BCUT2D eigenvalue weighted by Gasteiger charge is -2.22. The van der Waals surface area contributed by atoms with Gasteiger partial charge in [0.2, 0.25) is 0 Å². The van der Waals surface area contributed by atoms with Crippen LogP contribution in [0.3, 0.4) is 0 Å². The Morgan fingerprint density at radius 1 is 1.39 bits per heavy atom. The smallest absolute Gasteiger partial charge is 0.326 e. The summed E-state index contributed by atoms with van der Waals surface area (Å²) in [7, 11) is 0. The standard InChI is InChI=1S/C16H20N4O3/c1-9(2)20-14-12(8-17-20)11(7-10(3)18-14)15(21)19-6-4-5-13(19)16(22)23/h7-9,13H,4-6H2,1-3H3,(H,22,23). The maximum Gasteiger partial charge on any atom is 0.326 e. The van der Waals surface area contributed by atoms with Crippen molar-refractivity contribution in [3.63, 3.8) is 0 Å². The predicted molar refractivity (Wildman–Crippen MR) is 84.3 cm³/mol. The molecule has 1 N–H and O–H groups in total. The molecule has 1 aliphatic heterocycles. The fraction of sp³-hybridized carbons (Fsp3) is 0.500. The van der Waals surface area contributed by atoms with Gasteiger partial charge < -0.3 is 10.0 Å². The number of carbonyl (C=O) groups is 2. The van der Waals surface area contributed by atoms with Gasteiger partial charge in [-0.05, 0) is 39.7 Å². The van der Waals surface area contributed by atoms with E-state index in [2.05, 4.69) is 10.1 Å². The molecule has 3 heterocycles. The van der Waals surface area contributed by atoms with E-state index in [-0.39, 0.29) is 11.9 Å². The van der Waals surface area contributed by atoms with Crippen LogP contribution < -0.4 is 0 Å². The average Bonchev–Trinajstić information content (AvgIpc) is 3.11. The molecule has 122 valence electrons. The van der Waals surface area contributed by atoms with Gasteiger partial charge in [0.15, 0.2) is 5.65 Å². The SMILES string of the molecule is Cc1cc(C(=O)N2CCCC2C(=O)O)c2cnn(C(C)C)c2n1. The number of rotatable bonds is 3. The summed E-state index contributed by atoms with van der Waals surface area (Å²) >= 11 is 0. The molecule has 0 saturated carbocycles. The Morgan fingerprint density at radius 3 is 2.78 bits per heavy atom. The first-order valence-corrected chi connectivity index (χ1v) is 7.78. The number of carboxylic acid groups (broad SMARTS) is 1. The van der Waals surface area contributed by atoms with Crippen molar-refractivity contribution in [1.29, 1.82) is 0 Å². The Hall–Kier alpha value is -2.44. The topological polar surface area (TPSA) is 88.3 Å². The molecule has 23 heavy (non-hydrogen) atoms. The van der Waals surface area contributed by atoms with Gasteiger partial charge in [0, 0.05) is 18.3 Å². The third-order valence-corrected chi connectivity index (χ3v) is 4.21. The predicted octanol–water partition coefficient (Wildman–Crippen LogP) is 2.01. The number of hydrogen-bond donors (Lipinski definition) is 1. The van der Waals surface area contributed by atoms with E-state index in [1.807, 2.05) is 20.8 Å². The van der Waals surface area contributed by atoms with Crippen LogP contribution >= 0.6 is 0 Å². The molecule has 1 aliphatic rings. The van der Waals surface area contributed by atoms with Gasteiger partial charge in [-0.25, -0.2) is 14.5 Å². The van der Waals surface area contributed by atoms with Crippen LogP contribution in [0.4, 0.5) is 0 Å². The van der Waals surface area contributed by atoms with Crippen molar-refractivity contribution < 1.29 is 14.7 Å². The second-order valence-electron chi connectivity index (χ2n) is 6.23. The lowest BCUT2D eigenvalue weighted by molar-refractivity contribution is -0.141. The molecule has 1 saturated heterocycles. The Labute approximate surface area is 133 Å². The van der Waals surface area contributed by atoms with E-state index >= 15 is 0 Å². The maximum absolute atomic E-state index is 12.9. The van der Waals surface area contributed by atoms with Crippen molar-refractivity contribution in [2.75, 3.05) is 6.54 Å². The number of fused-ring (bicyclic) bond motifs is 1. The van der Waals surface area contributed by atoms with E-state index in [0.29, 0.717) is 41.7 Å². The molecule has 1 unspecified atom stereocenters. The van der Waals surface area contributed by atoms with Gasteiger partial charge in [0.25, 0.3) is 5.91 Å². The summed E-state index contributed by atoms with van der Waals surface area (Å²) in [5, 5.41) is 14.3. The van der Waals surface area contributed by atoms with Gasteiger partial charge in [-0.3, -0.25) is 4.79 Å². The average molecular weight is 316 g/mol. The quantitative estimate of drug-likeness (QED) is 0.935. The van der Waals surface area contributed by atoms with Crippen molar-refractivity contribution in [2.45, 2.75) is 45.7 Å². The lowest BCUT2D eigenvalue weighted by atomic mass is 10.1. The minimum Gasteiger partial charge on any atom is -0.480 e. The summed E-state index contributed by atoms with van der Waals surface area (Å²) in [5.41, 5.74) is 1.86. The molecule has 0 aliphatic carbocycles. The molecular weight excluding hydrogens is 296 g/mol. The zero-order valence-electron chi connectivity index (χ0n) is 13.5. The second-order valence-corrected chi connectivity index (χ2v) is 6.23. The molecular formula is C16H20N4O3. The molecule has 0 bridgehead atoms. The number of aliphatic carboxylic acids is 1. The van der Waals surface area contributed by atoms with Crippen molar-refractivity contribution >= 4 is 22.9 Å². The highest BCUT2D eigenvalue weighted by Crippen LogP contribution is 2.26. The molecule has 7 heteroatoms. The minimum atomic E-state index is -0.948. The maximum atomic E-state index is 12.9. The van der Waals surface area contributed by atoms with Crippen molar-refractivity contribution in [2.24, 2.45) is 0 Å². The first-order valence-electron chi connectivity index (χ1n) is 7.78. The number of aromatic nitrogens is 3. The highest BCUT2D eigenvalue weighted by molar-refractivity contribution is 6.06. The molecule has 1 atom stereocenters. The Bertz CT molecular complexity index is 781. The zero-order valence-corrected chi connectivity index (χ0v) is 13.5. The van der Waals surface area contributed by atoms with Crippen LogP contribution in [0.2, 0.25) is 0 Å². The van der Waals surface area contributed by atoms with Gasteiger partial charge in [-0.15, -0.1) is 0 Å². The molecule has 0 aromatic carbocycles. The van der Waals surface area contributed by atoms with Gasteiger partial charge >= 0.3 is 5.97 Å². The normalized spacial score (nSPS) is 18.1. The molecule has 0 radical (unpaired) electrons. The molecule has 2 aromatic heterocycles. The van der Waals surface area contributed by atoms with Crippen molar-refractivity contribution in [3.8, 4) is 0 Å². The van der Waals surface area contributed by atoms with Crippen molar-refractivity contribution in [3.05, 3.63) is 23.5 Å². The first kappa shape index (κ1) is 15.5. The van der Waals surface area contributed by atoms with Gasteiger partial charge in [-0.1, -0.05) is 0 Å². The first-order chi connectivity index (χ1) is 10.9. The van der Waals surface area contributed by atoms with E-state index in [0.717, 1.165) is 0 Å². The highest BCUT2D eigenvalue weighted by Gasteiger charge is 2.35. The lowest BCUT2D eigenvalue weighted by Crippen LogP contribution is -2.40. The fourth-order valence-electron chi connectivity index (χ4n) is 3.12. The summed E-state index contributed by atoms with van der Waals surface area (Å²) in [6, 6.07) is 1.10. The second kappa shape index (κ2) is 5.64. The number of hydrogen-bond acceptors (Lipinski definition) is 4. The van der Waals surface area contributed by atoms with Crippen LogP contribution in [-0.2, 0) is 4.79 Å². The summed E-state index contributed by atoms with van der Waals surface area (Å²) in [6.45, 7) is 6.29. The van der Waals surface area contributed by atoms with Gasteiger partial charge in [0.1, 0.15) is 6.04 Å². The number of pyridine rings is 1. The molecule has 3 rings (SSSR count). The number of nitrogens with zero attached hydrogens (tertiary/aromatic N) is 4. The van der Waals surface area contributed by atoms with Crippen LogP contribution in [0.5, 0.6) is 0 Å². The molecule has 0 spiro atoms.